The molecule has 0 amide bonds. The van der Waals surface area contributed by atoms with Crippen molar-refractivity contribution in [3.63, 3.8) is 0 Å². The van der Waals surface area contributed by atoms with Crippen LogP contribution < -0.4 is 15.1 Å². The molecule has 0 fully saturated rings. The lowest BCUT2D eigenvalue weighted by molar-refractivity contribution is 1.01. The Labute approximate surface area is 214 Å². The molecule has 5 heteroatoms. The average Bonchev–Trinajstić information content (AvgIpc) is 2.91. The van der Waals surface area contributed by atoms with Gasteiger partial charge in [0, 0.05) is 81.0 Å². The highest BCUT2D eigenvalue weighted by Gasteiger charge is 2.19. The standard InChI is InChI=1S/C31H33N5/c1-33-28-11-7-6-10-27(28)30-24(9-8-20-32)21-29(22-12-16-25(17-13-22)35(2)3)34-31(30)23-14-18-26(19-15-23)36(4)5/h6-7,10-19,21,33H,8-9H2,1-5H3. The summed E-state index contributed by atoms with van der Waals surface area (Å²) in [4.78, 5) is 9.43. The van der Waals surface area contributed by atoms with Crippen molar-refractivity contribution in [3.8, 4) is 39.7 Å². The molecule has 0 aliphatic carbocycles. The summed E-state index contributed by atoms with van der Waals surface area (Å²) < 4.78 is 0. The molecule has 182 valence electrons. The topological polar surface area (TPSA) is 55.2 Å². The summed E-state index contributed by atoms with van der Waals surface area (Å²) in [5.74, 6) is 0. The number of para-hydroxylation sites is 1. The molecule has 4 aromatic rings. The van der Waals surface area contributed by atoms with Crippen LogP contribution in [0.3, 0.4) is 0 Å². The Balaban J connectivity index is 1.99. The van der Waals surface area contributed by atoms with E-state index in [0.29, 0.717) is 12.8 Å². The van der Waals surface area contributed by atoms with Crippen LogP contribution in [-0.4, -0.2) is 40.2 Å². The molecular formula is C31H33N5. The second-order valence-corrected chi connectivity index (χ2v) is 9.23. The number of nitriles is 1. The van der Waals surface area contributed by atoms with Gasteiger partial charge in [-0.25, -0.2) is 4.98 Å². The number of nitrogens with one attached hydrogen (secondary N) is 1. The number of rotatable bonds is 8. The van der Waals surface area contributed by atoms with Crippen LogP contribution in [0.15, 0.2) is 78.9 Å². The van der Waals surface area contributed by atoms with Crippen molar-refractivity contribution in [1.29, 1.82) is 5.26 Å². The Morgan fingerprint density at radius 2 is 1.39 bits per heavy atom. The van der Waals surface area contributed by atoms with E-state index >= 15 is 0 Å². The monoisotopic (exact) mass is 475 g/mol. The third-order valence-electron chi connectivity index (χ3n) is 6.41. The fraction of sp³-hybridized carbons (Fsp3) is 0.226. The predicted molar refractivity (Wildman–Crippen MR) is 153 cm³/mol. The molecule has 0 spiro atoms. The predicted octanol–water partition coefficient (Wildman–Crippen LogP) is 6.71. The molecule has 0 bridgehead atoms. The third-order valence-corrected chi connectivity index (χ3v) is 6.41. The first-order chi connectivity index (χ1) is 17.4. The molecule has 0 radical (unpaired) electrons. The van der Waals surface area contributed by atoms with Crippen molar-refractivity contribution in [2.24, 2.45) is 0 Å². The van der Waals surface area contributed by atoms with Gasteiger partial charge >= 0.3 is 0 Å². The number of benzene rings is 3. The first kappa shape index (κ1) is 24.8. The van der Waals surface area contributed by atoms with Crippen molar-refractivity contribution in [3.05, 3.63) is 84.4 Å². The lowest BCUT2D eigenvalue weighted by Gasteiger charge is -2.20. The SMILES string of the molecule is CNc1ccccc1-c1c(CCC#N)cc(-c2ccc(N(C)C)cc2)nc1-c1ccc(N(C)C)cc1. The minimum atomic E-state index is 0.441. The fourth-order valence-corrected chi connectivity index (χ4v) is 4.41. The summed E-state index contributed by atoms with van der Waals surface area (Å²) in [6.07, 6.45) is 1.09. The van der Waals surface area contributed by atoms with Crippen LogP contribution in [0.1, 0.15) is 12.0 Å². The summed E-state index contributed by atoms with van der Waals surface area (Å²) in [6, 6.07) is 29.8. The van der Waals surface area contributed by atoms with Gasteiger partial charge in [-0.1, -0.05) is 42.5 Å². The molecule has 0 saturated carbocycles. The first-order valence-corrected chi connectivity index (χ1v) is 12.2. The van der Waals surface area contributed by atoms with Crippen molar-refractivity contribution >= 4 is 17.1 Å². The van der Waals surface area contributed by atoms with Crippen molar-refractivity contribution in [2.45, 2.75) is 12.8 Å². The van der Waals surface area contributed by atoms with Gasteiger partial charge in [0.05, 0.1) is 17.5 Å². The summed E-state index contributed by atoms with van der Waals surface area (Å²) in [5.41, 5.74) is 10.5. The molecule has 0 unspecified atom stereocenters. The smallest absolute Gasteiger partial charge is 0.0791 e. The van der Waals surface area contributed by atoms with E-state index in [1.165, 1.54) is 0 Å². The minimum Gasteiger partial charge on any atom is -0.388 e. The summed E-state index contributed by atoms with van der Waals surface area (Å²) in [5, 5.41) is 12.8. The second-order valence-electron chi connectivity index (χ2n) is 9.23. The maximum atomic E-state index is 9.44. The Bertz CT molecular complexity index is 1360. The summed E-state index contributed by atoms with van der Waals surface area (Å²) >= 11 is 0. The second kappa shape index (κ2) is 11.0. The highest BCUT2D eigenvalue weighted by atomic mass is 15.1. The Morgan fingerprint density at radius 3 is 1.94 bits per heavy atom. The van der Waals surface area contributed by atoms with Gasteiger partial charge < -0.3 is 15.1 Å². The molecule has 1 aromatic heterocycles. The largest absolute Gasteiger partial charge is 0.388 e. The van der Waals surface area contributed by atoms with Crippen molar-refractivity contribution < 1.29 is 0 Å². The number of aromatic nitrogens is 1. The van der Waals surface area contributed by atoms with Gasteiger partial charge in [0.1, 0.15) is 0 Å². The van der Waals surface area contributed by atoms with Crippen molar-refractivity contribution in [2.75, 3.05) is 50.4 Å². The number of hydrogen-bond acceptors (Lipinski definition) is 5. The molecule has 0 saturated heterocycles. The molecule has 3 aromatic carbocycles. The highest BCUT2D eigenvalue weighted by molar-refractivity contribution is 5.91. The van der Waals surface area contributed by atoms with E-state index in [0.717, 1.165) is 56.3 Å². The molecule has 1 N–H and O–H groups in total. The molecule has 4 rings (SSSR count). The van der Waals surface area contributed by atoms with Gasteiger partial charge in [-0.3, -0.25) is 0 Å². The normalized spacial score (nSPS) is 10.6. The molecule has 0 atom stereocenters. The molecule has 0 aliphatic heterocycles. The van der Waals surface area contributed by atoms with E-state index in [9.17, 15) is 5.26 Å². The highest BCUT2D eigenvalue weighted by Crippen LogP contribution is 2.40. The molecule has 36 heavy (non-hydrogen) atoms. The van der Waals surface area contributed by atoms with E-state index in [-0.39, 0.29) is 0 Å². The van der Waals surface area contributed by atoms with Crippen LogP contribution in [-0.2, 0) is 6.42 Å². The lowest BCUT2D eigenvalue weighted by Crippen LogP contribution is -2.08. The number of anilines is 3. The zero-order valence-corrected chi connectivity index (χ0v) is 21.7. The Kier molecular flexibility index (Phi) is 7.56. The van der Waals surface area contributed by atoms with Crippen molar-refractivity contribution in [1.82, 2.24) is 4.98 Å². The quantitative estimate of drug-likeness (QED) is 0.307. The Morgan fingerprint density at radius 1 is 0.806 bits per heavy atom. The fourth-order valence-electron chi connectivity index (χ4n) is 4.41. The van der Waals surface area contributed by atoms with Gasteiger partial charge in [-0.15, -0.1) is 0 Å². The van der Waals surface area contributed by atoms with Gasteiger partial charge in [0.2, 0.25) is 0 Å². The van der Waals surface area contributed by atoms with Gasteiger partial charge in [0.15, 0.2) is 0 Å². The van der Waals surface area contributed by atoms with Crippen LogP contribution in [0, 0.1) is 11.3 Å². The Hall–Kier alpha value is -4.30. The van der Waals surface area contributed by atoms with Gasteiger partial charge in [0.25, 0.3) is 0 Å². The lowest BCUT2D eigenvalue weighted by atomic mass is 9.90. The van der Waals surface area contributed by atoms with Crippen LogP contribution in [0.4, 0.5) is 17.1 Å². The summed E-state index contributed by atoms with van der Waals surface area (Å²) in [6.45, 7) is 0. The zero-order chi connectivity index (χ0) is 25.7. The van der Waals surface area contributed by atoms with E-state index < -0.39 is 0 Å². The number of pyridine rings is 1. The number of hydrogen-bond donors (Lipinski definition) is 1. The molecule has 1 heterocycles. The number of nitrogens with zero attached hydrogens (tertiary/aromatic N) is 4. The maximum absolute atomic E-state index is 9.44. The maximum Gasteiger partial charge on any atom is 0.0791 e. The van der Waals surface area contributed by atoms with E-state index in [4.69, 9.17) is 4.98 Å². The van der Waals surface area contributed by atoms with Gasteiger partial charge in [-0.05, 0) is 48.4 Å². The molecular weight excluding hydrogens is 442 g/mol. The molecule has 0 aliphatic rings. The van der Waals surface area contributed by atoms with Crippen LogP contribution >= 0.6 is 0 Å². The van der Waals surface area contributed by atoms with Crippen LogP contribution in [0.2, 0.25) is 0 Å². The number of aryl methyl sites for hydroxylation is 1. The first-order valence-electron chi connectivity index (χ1n) is 12.2. The van der Waals surface area contributed by atoms with E-state index in [1.807, 2.05) is 41.3 Å². The van der Waals surface area contributed by atoms with Gasteiger partial charge in [-0.2, -0.15) is 5.26 Å². The van der Waals surface area contributed by atoms with Crippen LogP contribution in [0.25, 0.3) is 33.6 Å². The van der Waals surface area contributed by atoms with Crippen LogP contribution in [0.5, 0.6) is 0 Å². The third kappa shape index (κ3) is 5.18. The van der Waals surface area contributed by atoms with E-state index in [1.54, 1.807) is 0 Å². The summed E-state index contributed by atoms with van der Waals surface area (Å²) in [7, 11) is 10.1. The average molecular weight is 476 g/mol. The zero-order valence-electron chi connectivity index (χ0n) is 21.7. The molecule has 5 nitrogen and oxygen atoms in total. The van der Waals surface area contributed by atoms with E-state index in [2.05, 4.69) is 94.0 Å². The minimum absolute atomic E-state index is 0.441.